The summed E-state index contributed by atoms with van der Waals surface area (Å²) in [7, 11) is 0. The molecule has 0 saturated heterocycles. The third kappa shape index (κ3) is 3.91. The normalized spacial score (nSPS) is 10.3. The number of carboxylic acid groups (broad SMARTS) is 1. The molecule has 4 heteroatoms. The van der Waals surface area contributed by atoms with E-state index in [9.17, 15) is 9.18 Å². The van der Waals surface area contributed by atoms with Crippen molar-refractivity contribution in [1.82, 2.24) is 0 Å². The molecule has 0 spiro atoms. The van der Waals surface area contributed by atoms with Crippen molar-refractivity contribution >= 4 is 17.7 Å². The number of halogens is 1. The Morgan fingerprint density at radius 3 is 2.87 bits per heavy atom. The van der Waals surface area contributed by atoms with Crippen LogP contribution in [0.25, 0.3) is 0 Å². The van der Waals surface area contributed by atoms with E-state index < -0.39 is 5.97 Å². The lowest BCUT2D eigenvalue weighted by molar-refractivity contribution is -0.137. The maximum Gasteiger partial charge on any atom is 0.303 e. The van der Waals surface area contributed by atoms with Gasteiger partial charge in [-0.1, -0.05) is 6.07 Å². The Labute approximate surface area is 92.5 Å². The lowest BCUT2D eigenvalue weighted by Gasteiger charge is -2.03. The van der Waals surface area contributed by atoms with Gasteiger partial charge in [0.25, 0.3) is 0 Å². The summed E-state index contributed by atoms with van der Waals surface area (Å²) in [6, 6.07) is 4.92. The molecule has 82 valence electrons. The monoisotopic (exact) mass is 228 g/mol. The van der Waals surface area contributed by atoms with E-state index in [1.165, 1.54) is 17.8 Å². The predicted molar refractivity (Wildman–Crippen MR) is 58.8 cm³/mol. The molecule has 0 atom stereocenters. The Morgan fingerprint density at radius 2 is 2.27 bits per heavy atom. The summed E-state index contributed by atoms with van der Waals surface area (Å²) < 4.78 is 13.1. The Bertz CT molecular complexity index is 352. The highest BCUT2D eigenvalue weighted by molar-refractivity contribution is 7.98. The molecule has 2 nitrogen and oxygen atoms in total. The second-order valence-corrected chi connectivity index (χ2v) is 4.06. The topological polar surface area (TPSA) is 37.3 Å². The van der Waals surface area contributed by atoms with Crippen molar-refractivity contribution < 1.29 is 14.3 Å². The predicted octanol–water partition coefficient (Wildman–Crippen LogP) is 2.95. The van der Waals surface area contributed by atoms with E-state index in [4.69, 9.17) is 5.11 Å². The average molecular weight is 228 g/mol. The molecule has 1 aromatic carbocycles. The van der Waals surface area contributed by atoms with E-state index in [0.29, 0.717) is 17.7 Å². The number of thioether (sulfide) groups is 1. The number of carbonyl (C=O) groups is 1. The van der Waals surface area contributed by atoms with Gasteiger partial charge in [0.1, 0.15) is 5.82 Å². The lowest BCUT2D eigenvalue weighted by atomic mass is 10.1. The molecule has 0 heterocycles. The first-order chi connectivity index (χ1) is 7.13. The highest BCUT2D eigenvalue weighted by atomic mass is 32.2. The van der Waals surface area contributed by atoms with Gasteiger partial charge in [-0.25, -0.2) is 4.39 Å². The molecular weight excluding hydrogens is 215 g/mol. The first-order valence-corrected chi connectivity index (χ1v) is 5.90. The van der Waals surface area contributed by atoms with Crippen molar-refractivity contribution in [3.63, 3.8) is 0 Å². The number of rotatable bonds is 5. The largest absolute Gasteiger partial charge is 0.481 e. The fraction of sp³-hybridized carbons (Fsp3) is 0.364. The van der Waals surface area contributed by atoms with Crippen molar-refractivity contribution in [3.8, 4) is 0 Å². The summed E-state index contributed by atoms with van der Waals surface area (Å²) in [5.41, 5.74) is 0.988. The quantitative estimate of drug-likeness (QED) is 0.787. The maximum atomic E-state index is 13.1. The standard InChI is InChI=1S/C11H13FO2S/c1-15-10-7-8(5-6-9(10)12)3-2-4-11(13)14/h5-7H,2-4H2,1H3,(H,13,14). The molecule has 0 saturated carbocycles. The molecule has 0 aliphatic rings. The van der Waals surface area contributed by atoms with Gasteiger partial charge in [-0.05, 0) is 36.8 Å². The van der Waals surface area contributed by atoms with Crippen molar-refractivity contribution in [2.45, 2.75) is 24.2 Å². The van der Waals surface area contributed by atoms with Gasteiger partial charge >= 0.3 is 5.97 Å². The highest BCUT2D eigenvalue weighted by Crippen LogP contribution is 2.21. The number of hydrogen-bond donors (Lipinski definition) is 1. The second-order valence-electron chi connectivity index (χ2n) is 3.22. The van der Waals surface area contributed by atoms with Gasteiger partial charge in [-0.15, -0.1) is 11.8 Å². The third-order valence-electron chi connectivity index (χ3n) is 2.07. The molecule has 0 aromatic heterocycles. The first kappa shape index (κ1) is 12.0. The van der Waals surface area contributed by atoms with Crippen LogP contribution in [0.15, 0.2) is 23.1 Å². The lowest BCUT2D eigenvalue weighted by Crippen LogP contribution is -1.96. The fourth-order valence-electron chi connectivity index (χ4n) is 1.30. The number of aryl methyl sites for hydroxylation is 1. The van der Waals surface area contributed by atoms with E-state index in [0.717, 1.165) is 5.56 Å². The van der Waals surface area contributed by atoms with Gasteiger partial charge < -0.3 is 5.11 Å². The maximum absolute atomic E-state index is 13.1. The van der Waals surface area contributed by atoms with Crippen molar-refractivity contribution in [2.75, 3.05) is 6.26 Å². The zero-order valence-electron chi connectivity index (χ0n) is 8.50. The van der Waals surface area contributed by atoms with Crippen LogP contribution in [0.5, 0.6) is 0 Å². The van der Waals surface area contributed by atoms with Crippen LogP contribution in [0.4, 0.5) is 4.39 Å². The Kier molecular flexibility index (Phi) is 4.62. The second kappa shape index (κ2) is 5.75. The molecular formula is C11H13FO2S. The van der Waals surface area contributed by atoms with Crippen LogP contribution >= 0.6 is 11.8 Å². The molecule has 0 radical (unpaired) electrons. The molecule has 0 amide bonds. The van der Waals surface area contributed by atoms with Crippen LogP contribution in [0.2, 0.25) is 0 Å². The van der Waals surface area contributed by atoms with Crippen LogP contribution in [0, 0.1) is 5.82 Å². The average Bonchev–Trinajstić information content (AvgIpc) is 2.20. The van der Waals surface area contributed by atoms with Gasteiger partial charge in [0.05, 0.1) is 0 Å². The number of hydrogen-bond acceptors (Lipinski definition) is 2. The molecule has 0 bridgehead atoms. The Balaban J connectivity index is 2.58. The molecule has 1 N–H and O–H groups in total. The molecule has 1 aromatic rings. The zero-order valence-corrected chi connectivity index (χ0v) is 9.31. The van der Waals surface area contributed by atoms with Crippen molar-refractivity contribution in [3.05, 3.63) is 29.6 Å². The third-order valence-corrected chi connectivity index (χ3v) is 2.82. The van der Waals surface area contributed by atoms with Crippen LogP contribution < -0.4 is 0 Å². The molecule has 15 heavy (non-hydrogen) atoms. The van der Waals surface area contributed by atoms with Crippen molar-refractivity contribution in [2.24, 2.45) is 0 Å². The molecule has 1 rings (SSSR count). The summed E-state index contributed by atoms with van der Waals surface area (Å²) >= 11 is 1.36. The summed E-state index contributed by atoms with van der Waals surface area (Å²) in [6.07, 6.45) is 3.25. The van der Waals surface area contributed by atoms with E-state index in [2.05, 4.69) is 0 Å². The first-order valence-electron chi connectivity index (χ1n) is 4.67. The van der Waals surface area contributed by atoms with Crippen LogP contribution in [-0.4, -0.2) is 17.3 Å². The summed E-state index contributed by atoms with van der Waals surface area (Å²) in [5.74, 6) is -1.01. The highest BCUT2D eigenvalue weighted by Gasteiger charge is 2.03. The summed E-state index contributed by atoms with van der Waals surface area (Å²) in [4.78, 5) is 10.9. The molecule has 0 aliphatic heterocycles. The number of carboxylic acids is 1. The minimum atomic E-state index is -0.790. The van der Waals surface area contributed by atoms with E-state index >= 15 is 0 Å². The van der Waals surface area contributed by atoms with E-state index in [1.807, 2.05) is 6.26 Å². The fourth-order valence-corrected chi connectivity index (χ4v) is 1.84. The summed E-state index contributed by atoms with van der Waals surface area (Å²) in [5, 5.41) is 8.47. The number of aliphatic carboxylic acids is 1. The number of benzene rings is 1. The van der Waals surface area contributed by atoms with Crippen LogP contribution in [-0.2, 0) is 11.2 Å². The van der Waals surface area contributed by atoms with E-state index in [1.54, 1.807) is 12.1 Å². The SMILES string of the molecule is CSc1cc(CCCC(=O)O)ccc1F. The molecule has 0 aliphatic carbocycles. The van der Waals surface area contributed by atoms with Gasteiger partial charge in [0, 0.05) is 11.3 Å². The van der Waals surface area contributed by atoms with Crippen LogP contribution in [0.1, 0.15) is 18.4 Å². The minimum absolute atomic E-state index is 0.159. The van der Waals surface area contributed by atoms with Gasteiger partial charge in [-0.3, -0.25) is 4.79 Å². The molecule has 0 unspecified atom stereocenters. The van der Waals surface area contributed by atoms with Crippen molar-refractivity contribution in [1.29, 1.82) is 0 Å². The zero-order chi connectivity index (χ0) is 11.3. The minimum Gasteiger partial charge on any atom is -0.481 e. The Morgan fingerprint density at radius 1 is 1.53 bits per heavy atom. The van der Waals surface area contributed by atoms with Gasteiger partial charge in [0.15, 0.2) is 0 Å². The summed E-state index contributed by atoms with van der Waals surface area (Å²) in [6.45, 7) is 0. The Hall–Kier alpha value is -1.03. The van der Waals surface area contributed by atoms with Gasteiger partial charge in [-0.2, -0.15) is 0 Å². The van der Waals surface area contributed by atoms with Gasteiger partial charge in [0.2, 0.25) is 0 Å². The molecule has 0 fully saturated rings. The van der Waals surface area contributed by atoms with Crippen LogP contribution in [0.3, 0.4) is 0 Å². The smallest absolute Gasteiger partial charge is 0.303 e. The van der Waals surface area contributed by atoms with E-state index in [-0.39, 0.29) is 12.2 Å².